The van der Waals surface area contributed by atoms with E-state index in [0.717, 1.165) is 0 Å². The summed E-state index contributed by atoms with van der Waals surface area (Å²) < 4.78 is 1.57. The number of nitrogens with one attached hydrogen (secondary N) is 1. The molecule has 2 rings (SSSR count). The lowest BCUT2D eigenvalue weighted by atomic mass is 10.2. The van der Waals surface area contributed by atoms with Crippen molar-refractivity contribution in [3.8, 4) is 0 Å². The number of carbonyl (C=O) groups is 1. The zero-order valence-corrected chi connectivity index (χ0v) is 11.7. The van der Waals surface area contributed by atoms with Crippen molar-refractivity contribution in [3.05, 3.63) is 52.3 Å². The molecule has 0 aliphatic carbocycles. The zero-order chi connectivity index (χ0) is 15.6. The molecule has 110 valence electrons. The maximum atomic E-state index is 12.3. The molecule has 1 aromatic heterocycles. The van der Waals surface area contributed by atoms with Gasteiger partial charge in [-0.2, -0.15) is 0 Å². The van der Waals surface area contributed by atoms with Crippen LogP contribution in [0.1, 0.15) is 30.4 Å². The Bertz CT molecular complexity index is 691. The van der Waals surface area contributed by atoms with Gasteiger partial charge in [0.25, 0.3) is 11.6 Å². The van der Waals surface area contributed by atoms with Gasteiger partial charge in [-0.1, -0.05) is 6.07 Å². The third kappa shape index (κ3) is 3.19. The molecule has 1 heterocycles. The van der Waals surface area contributed by atoms with Gasteiger partial charge in [-0.3, -0.25) is 14.9 Å². The molecule has 0 atom stereocenters. The normalized spacial score (nSPS) is 10.6. The van der Waals surface area contributed by atoms with E-state index >= 15 is 0 Å². The first kappa shape index (κ1) is 14.6. The fourth-order valence-electron chi connectivity index (χ4n) is 1.99. The highest BCUT2D eigenvalue weighted by atomic mass is 16.6. The number of nitrogen functional groups attached to an aromatic ring is 1. The van der Waals surface area contributed by atoms with Crippen LogP contribution in [0.2, 0.25) is 0 Å². The van der Waals surface area contributed by atoms with Gasteiger partial charge in [0.2, 0.25) is 0 Å². The number of hydrogen-bond donors (Lipinski definition) is 2. The summed E-state index contributed by atoms with van der Waals surface area (Å²) in [6, 6.07) is 7.94. The van der Waals surface area contributed by atoms with E-state index in [-0.39, 0.29) is 17.4 Å². The van der Waals surface area contributed by atoms with Crippen molar-refractivity contribution in [1.82, 2.24) is 4.57 Å². The molecule has 2 aromatic rings. The number of carbonyl (C=O) groups excluding carboxylic acids is 1. The average molecular weight is 288 g/mol. The summed E-state index contributed by atoms with van der Waals surface area (Å²) >= 11 is 0. The Balaban J connectivity index is 2.32. The molecule has 0 aliphatic rings. The Morgan fingerprint density at radius 3 is 2.67 bits per heavy atom. The van der Waals surface area contributed by atoms with E-state index in [9.17, 15) is 14.9 Å². The SMILES string of the molecule is CC(C)n1cc([N+](=O)[O-])cc1C(=O)Nc1cccc(N)c1. The third-order valence-corrected chi connectivity index (χ3v) is 2.98. The van der Waals surface area contributed by atoms with E-state index < -0.39 is 10.8 Å². The van der Waals surface area contributed by atoms with Crippen molar-refractivity contribution >= 4 is 23.0 Å². The third-order valence-electron chi connectivity index (χ3n) is 2.98. The predicted octanol–water partition coefficient (Wildman–Crippen LogP) is 2.81. The summed E-state index contributed by atoms with van der Waals surface area (Å²) in [5, 5.41) is 13.5. The van der Waals surface area contributed by atoms with E-state index in [4.69, 9.17) is 5.73 Å². The first-order valence-corrected chi connectivity index (χ1v) is 6.41. The monoisotopic (exact) mass is 288 g/mol. The fourth-order valence-corrected chi connectivity index (χ4v) is 1.99. The summed E-state index contributed by atoms with van der Waals surface area (Å²) in [5.41, 5.74) is 6.84. The zero-order valence-electron chi connectivity index (χ0n) is 11.7. The number of hydrogen-bond acceptors (Lipinski definition) is 4. The second kappa shape index (κ2) is 5.66. The molecule has 0 fully saturated rings. The van der Waals surface area contributed by atoms with Gasteiger partial charge in [0.1, 0.15) is 5.69 Å². The molecule has 0 aliphatic heterocycles. The molecular formula is C14H16N4O3. The number of rotatable bonds is 4. The molecule has 3 N–H and O–H groups in total. The first-order valence-electron chi connectivity index (χ1n) is 6.41. The van der Waals surface area contributed by atoms with Gasteiger partial charge >= 0.3 is 0 Å². The number of benzene rings is 1. The molecule has 0 spiro atoms. The molecule has 7 heteroatoms. The van der Waals surface area contributed by atoms with Crippen molar-refractivity contribution < 1.29 is 9.72 Å². The smallest absolute Gasteiger partial charge is 0.287 e. The highest BCUT2D eigenvalue weighted by molar-refractivity contribution is 6.03. The number of nitro groups is 1. The van der Waals surface area contributed by atoms with Crippen molar-refractivity contribution in [3.63, 3.8) is 0 Å². The van der Waals surface area contributed by atoms with Crippen LogP contribution in [0.5, 0.6) is 0 Å². The van der Waals surface area contributed by atoms with E-state index in [1.807, 2.05) is 13.8 Å². The van der Waals surface area contributed by atoms with Gasteiger partial charge < -0.3 is 15.6 Å². The number of nitrogens with zero attached hydrogens (tertiary/aromatic N) is 2. The first-order chi connectivity index (χ1) is 9.88. The summed E-state index contributed by atoms with van der Waals surface area (Å²) in [5.74, 6) is -0.414. The van der Waals surface area contributed by atoms with E-state index in [1.165, 1.54) is 12.3 Å². The van der Waals surface area contributed by atoms with Crippen LogP contribution in [0, 0.1) is 10.1 Å². The molecule has 0 saturated heterocycles. The van der Waals surface area contributed by atoms with Crippen LogP contribution in [-0.2, 0) is 0 Å². The summed E-state index contributed by atoms with van der Waals surface area (Å²) in [4.78, 5) is 22.6. The Morgan fingerprint density at radius 2 is 2.10 bits per heavy atom. The Labute approximate surface area is 121 Å². The van der Waals surface area contributed by atoms with Gasteiger partial charge in [0, 0.05) is 23.5 Å². The van der Waals surface area contributed by atoms with Crippen molar-refractivity contribution in [1.29, 1.82) is 0 Å². The van der Waals surface area contributed by atoms with Crippen molar-refractivity contribution in [2.24, 2.45) is 0 Å². The van der Waals surface area contributed by atoms with Crippen molar-refractivity contribution in [2.45, 2.75) is 19.9 Å². The number of aromatic nitrogens is 1. The quantitative estimate of drug-likeness (QED) is 0.513. The summed E-state index contributed by atoms with van der Waals surface area (Å²) in [6.45, 7) is 3.70. The minimum atomic E-state index is -0.518. The molecule has 21 heavy (non-hydrogen) atoms. The second-order valence-electron chi connectivity index (χ2n) is 4.92. The standard InChI is InChI=1S/C14H16N4O3/c1-9(2)17-8-12(18(20)21)7-13(17)14(19)16-11-5-3-4-10(15)6-11/h3-9H,15H2,1-2H3,(H,16,19). The van der Waals surface area contributed by atoms with Gasteiger partial charge in [-0.05, 0) is 32.0 Å². The van der Waals surface area contributed by atoms with Crippen LogP contribution < -0.4 is 11.1 Å². The van der Waals surface area contributed by atoms with Crippen LogP contribution in [0.15, 0.2) is 36.5 Å². The second-order valence-corrected chi connectivity index (χ2v) is 4.92. The van der Waals surface area contributed by atoms with Crippen LogP contribution in [-0.4, -0.2) is 15.4 Å². The van der Waals surface area contributed by atoms with Crippen LogP contribution >= 0.6 is 0 Å². The number of nitrogens with two attached hydrogens (primary N) is 1. The van der Waals surface area contributed by atoms with Gasteiger partial charge in [0.15, 0.2) is 0 Å². The minimum Gasteiger partial charge on any atom is -0.399 e. The summed E-state index contributed by atoms with van der Waals surface area (Å²) in [6.07, 6.45) is 1.36. The van der Waals surface area contributed by atoms with Gasteiger partial charge in [-0.15, -0.1) is 0 Å². The molecule has 0 bridgehead atoms. The van der Waals surface area contributed by atoms with Gasteiger partial charge in [0.05, 0.1) is 11.1 Å². The molecular weight excluding hydrogens is 272 g/mol. The Morgan fingerprint density at radius 1 is 1.38 bits per heavy atom. The highest BCUT2D eigenvalue weighted by Gasteiger charge is 2.20. The topological polar surface area (TPSA) is 103 Å². The lowest BCUT2D eigenvalue weighted by Crippen LogP contribution is -2.17. The molecule has 7 nitrogen and oxygen atoms in total. The minimum absolute atomic E-state index is 0.0692. The lowest BCUT2D eigenvalue weighted by Gasteiger charge is -2.12. The largest absolute Gasteiger partial charge is 0.399 e. The molecule has 0 unspecified atom stereocenters. The van der Waals surface area contributed by atoms with Crippen LogP contribution in [0.25, 0.3) is 0 Å². The lowest BCUT2D eigenvalue weighted by molar-refractivity contribution is -0.384. The Hall–Kier alpha value is -2.83. The number of anilines is 2. The molecule has 1 amide bonds. The van der Waals surface area contributed by atoms with E-state index in [0.29, 0.717) is 11.4 Å². The molecule has 0 saturated carbocycles. The Kier molecular flexibility index (Phi) is 3.93. The molecule has 0 radical (unpaired) electrons. The van der Waals surface area contributed by atoms with Crippen molar-refractivity contribution in [2.75, 3.05) is 11.1 Å². The van der Waals surface area contributed by atoms with Crippen LogP contribution in [0.3, 0.4) is 0 Å². The van der Waals surface area contributed by atoms with E-state index in [2.05, 4.69) is 5.32 Å². The van der Waals surface area contributed by atoms with Crippen LogP contribution in [0.4, 0.5) is 17.1 Å². The fraction of sp³-hybridized carbons (Fsp3) is 0.214. The average Bonchev–Trinajstić information content (AvgIpc) is 2.84. The number of amides is 1. The van der Waals surface area contributed by atoms with Gasteiger partial charge in [-0.25, -0.2) is 0 Å². The maximum absolute atomic E-state index is 12.3. The van der Waals surface area contributed by atoms with E-state index in [1.54, 1.807) is 28.8 Å². The molecule has 1 aromatic carbocycles. The highest BCUT2D eigenvalue weighted by Crippen LogP contribution is 2.22. The maximum Gasteiger partial charge on any atom is 0.287 e. The summed E-state index contributed by atoms with van der Waals surface area (Å²) in [7, 11) is 0. The predicted molar refractivity (Wildman–Crippen MR) is 80.3 cm³/mol.